The maximum absolute atomic E-state index is 13.2. The molecule has 0 spiro atoms. The second-order valence-electron chi connectivity index (χ2n) is 8.21. The molecule has 4 atom stereocenters. The number of carbonyl (C=O) groups is 3. The van der Waals surface area contributed by atoms with Gasteiger partial charge in [-0.15, -0.1) is 11.3 Å². The van der Waals surface area contributed by atoms with Gasteiger partial charge in [0.05, 0.1) is 18.4 Å². The number of rotatable bonds is 7. The molecule has 2 aromatic rings. The van der Waals surface area contributed by atoms with Crippen molar-refractivity contribution in [2.75, 3.05) is 11.9 Å². The first-order chi connectivity index (χ1) is 14.9. The number of esters is 1. The van der Waals surface area contributed by atoms with Crippen molar-refractivity contribution in [3.05, 3.63) is 39.7 Å². The highest BCUT2D eigenvalue weighted by atomic mass is 79.9. The zero-order valence-corrected chi connectivity index (χ0v) is 19.5. The number of hydrogen-bond acceptors (Lipinski definition) is 5. The summed E-state index contributed by atoms with van der Waals surface area (Å²) in [6.07, 6.45) is 3.23. The molecule has 8 heteroatoms. The first kappa shape index (κ1) is 22.0. The highest BCUT2D eigenvalue weighted by Gasteiger charge is 2.54. The van der Waals surface area contributed by atoms with Crippen molar-refractivity contribution in [1.82, 2.24) is 0 Å². The molecule has 1 heterocycles. The van der Waals surface area contributed by atoms with Crippen LogP contribution >= 0.6 is 27.3 Å². The van der Waals surface area contributed by atoms with Gasteiger partial charge in [-0.1, -0.05) is 35.0 Å². The van der Waals surface area contributed by atoms with Crippen molar-refractivity contribution < 1.29 is 24.2 Å². The number of fused-ring (bicyclic) bond motifs is 2. The lowest BCUT2D eigenvalue weighted by Gasteiger charge is -2.27. The SMILES string of the molecule is CCCOC(=O)c1c(-c2ccc(Br)cc2)csc1NC(=O)[C@H]1[C@@H]2CC[C@H](C2)[C@@H]1C(=O)O. The number of anilines is 1. The average molecular weight is 506 g/mol. The largest absolute Gasteiger partial charge is 0.481 e. The van der Waals surface area contributed by atoms with Crippen molar-refractivity contribution in [3.63, 3.8) is 0 Å². The third-order valence-corrected chi connectivity index (χ3v) is 7.75. The van der Waals surface area contributed by atoms with Crippen LogP contribution in [0.1, 0.15) is 43.0 Å². The predicted molar refractivity (Wildman–Crippen MR) is 122 cm³/mol. The van der Waals surface area contributed by atoms with Gasteiger partial charge in [-0.25, -0.2) is 4.79 Å². The average Bonchev–Trinajstić information content (AvgIpc) is 3.47. The highest BCUT2D eigenvalue weighted by Crippen LogP contribution is 2.53. The van der Waals surface area contributed by atoms with Crippen LogP contribution in [0.5, 0.6) is 0 Å². The third-order valence-electron chi connectivity index (χ3n) is 6.33. The van der Waals surface area contributed by atoms with Crippen molar-refractivity contribution in [3.8, 4) is 11.1 Å². The van der Waals surface area contributed by atoms with Gasteiger partial charge in [-0.2, -0.15) is 0 Å². The molecule has 1 aromatic carbocycles. The smallest absolute Gasteiger partial charge is 0.341 e. The molecule has 6 nitrogen and oxygen atoms in total. The number of carbonyl (C=O) groups excluding carboxylic acids is 2. The van der Waals surface area contributed by atoms with Crippen molar-refractivity contribution >= 4 is 50.1 Å². The van der Waals surface area contributed by atoms with E-state index in [1.54, 1.807) is 0 Å². The standard InChI is InChI=1S/C23H24BrNO5S/c1-2-9-30-23(29)19-16(12-5-7-15(24)8-6-12)11-31-21(19)25-20(26)17-13-3-4-14(10-13)18(17)22(27)28/h5-8,11,13-14,17-18H,2-4,9-10H2,1H3,(H,25,26)(H,27,28)/t13-,14-,17+,18+/m1/s1. The maximum atomic E-state index is 13.2. The van der Waals surface area contributed by atoms with Gasteiger partial charge < -0.3 is 15.2 Å². The molecule has 0 saturated heterocycles. The monoisotopic (exact) mass is 505 g/mol. The summed E-state index contributed by atoms with van der Waals surface area (Å²) in [7, 11) is 0. The van der Waals surface area contributed by atoms with E-state index >= 15 is 0 Å². The van der Waals surface area contributed by atoms with Gasteiger partial charge in [-0.05, 0) is 55.2 Å². The zero-order chi connectivity index (χ0) is 22.1. The van der Waals surface area contributed by atoms with Crippen LogP contribution in [0.3, 0.4) is 0 Å². The fourth-order valence-corrected chi connectivity index (χ4v) is 6.21. The molecule has 2 N–H and O–H groups in total. The quantitative estimate of drug-likeness (QED) is 0.489. The van der Waals surface area contributed by atoms with Gasteiger partial charge in [0, 0.05) is 15.4 Å². The van der Waals surface area contributed by atoms with E-state index in [1.807, 2.05) is 36.6 Å². The van der Waals surface area contributed by atoms with Gasteiger partial charge in [-0.3, -0.25) is 9.59 Å². The molecule has 2 aliphatic carbocycles. The van der Waals surface area contributed by atoms with Crippen LogP contribution in [0.25, 0.3) is 11.1 Å². The van der Waals surface area contributed by atoms with Crippen molar-refractivity contribution in [2.24, 2.45) is 23.7 Å². The minimum absolute atomic E-state index is 0.0638. The zero-order valence-electron chi connectivity index (χ0n) is 17.1. The van der Waals surface area contributed by atoms with Crippen LogP contribution in [0.4, 0.5) is 5.00 Å². The van der Waals surface area contributed by atoms with E-state index in [4.69, 9.17) is 4.74 Å². The number of thiophene rings is 1. The Morgan fingerprint density at radius 3 is 2.48 bits per heavy atom. The molecule has 0 unspecified atom stereocenters. The topological polar surface area (TPSA) is 92.7 Å². The number of ether oxygens (including phenoxy) is 1. The van der Waals surface area contributed by atoms with Gasteiger partial charge in [0.2, 0.25) is 5.91 Å². The molecule has 0 radical (unpaired) electrons. The molecule has 1 amide bonds. The second-order valence-corrected chi connectivity index (χ2v) is 10.0. The van der Waals surface area contributed by atoms with E-state index < -0.39 is 23.8 Å². The summed E-state index contributed by atoms with van der Waals surface area (Å²) >= 11 is 4.68. The predicted octanol–water partition coefficient (Wildman–Crippen LogP) is 5.43. The van der Waals surface area contributed by atoms with Crippen molar-refractivity contribution in [2.45, 2.75) is 32.6 Å². The minimum Gasteiger partial charge on any atom is -0.481 e. The molecular weight excluding hydrogens is 482 g/mol. The Hall–Kier alpha value is -2.19. The summed E-state index contributed by atoms with van der Waals surface area (Å²) in [5, 5.41) is 14.8. The van der Waals surface area contributed by atoms with Gasteiger partial charge >= 0.3 is 11.9 Å². The molecule has 2 saturated carbocycles. The lowest BCUT2D eigenvalue weighted by molar-refractivity contribution is -0.148. The highest BCUT2D eigenvalue weighted by molar-refractivity contribution is 9.10. The van der Waals surface area contributed by atoms with E-state index in [0.29, 0.717) is 22.5 Å². The lowest BCUT2D eigenvalue weighted by atomic mass is 9.79. The lowest BCUT2D eigenvalue weighted by Crippen LogP contribution is -2.38. The number of halogens is 1. The van der Waals surface area contributed by atoms with Crippen LogP contribution in [0, 0.1) is 23.7 Å². The van der Waals surface area contributed by atoms with E-state index in [2.05, 4.69) is 21.2 Å². The fourth-order valence-electron chi connectivity index (χ4n) is 4.98. The number of carboxylic acid groups (broad SMARTS) is 1. The summed E-state index contributed by atoms with van der Waals surface area (Å²) in [4.78, 5) is 37.9. The summed E-state index contributed by atoms with van der Waals surface area (Å²) < 4.78 is 6.31. The van der Waals surface area contributed by atoms with Crippen LogP contribution in [0.2, 0.25) is 0 Å². The second kappa shape index (κ2) is 9.12. The number of aliphatic carboxylic acids is 1. The minimum atomic E-state index is -0.906. The molecule has 31 heavy (non-hydrogen) atoms. The number of amides is 1. The van der Waals surface area contributed by atoms with Gasteiger partial charge in [0.25, 0.3) is 0 Å². The molecule has 4 rings (SSSR count). The number of carboxylic acids is 1. The summed E-state index contributed by atoms with van der Waals surface area (Å²) in [5.74, 6) is -2.76. The Bertz CT molecular complexity index is 1000. The van der Waals surface area contributed by atoms with Gasteiger partial charge in [0.1, 0.15) is 10.6 Å². The van der Waals surface area contributed by atoms with Gasteiger partial charge in [0.15, 0.2) is 0 Å². The molecule has 2 aliphatic rings. The molecule has 1 aromatic heterocycles. The molecule has 2 fully saturated rings. The fraction of sp³-hybridized carbons (Fsp3) is 0.435. The van der Waals surface area contributed by atoms with Crippen LogP contribution < -0.4 is 5.32 Å². The number of hydrogen-bond donors (Lipinski definition) is 2. The van der Waals surface area contributed by atoms with E-state index in [9.17, 15) is 19.5 Å². The third kappa shape index (κ3) is 4.28. The normalized spacial score (nSPS) is 24.2. The molecule has 0 aliphatic heterocycles. The number of benzene rings is 1. The summed E-state index contributed by atoms with van der Waals surface area (Å²) in [6.45, 7) is 2.20. The molecule has 2 bridgehead atoms. The van der Waals surface area contributed by atoms with E-state index in [1.165, 1.54) is 11.3 Å². The van der Waals surface area contributed by atoms with Crippen LogP contribution in [0.15, 0.2) is 34.1 Å². The first-order valence-corrected chi connectivity index (χ1v) is 12.2. The van der Waals surface area contributed by atoms with Crippen molar-refractivity contribution in [1.29, 1.82) is 0 Å². The Labute approximate surface area is 193 Å². The first-order valence-electron chi connectivity index (χ1n) is 10.5. The van der Waals surface area contributed by atoms with E-state index in [-0.39, 0.29) is 24.3 Å². The van der Waals surface area contributed by atoms with Crippen LogP contribution in [-0.2, 0) is 14.3 Å². The Morgan fingerprint density at radius 2 is 1.84 bits per heavy atom. The Morgan fingerprint density at radius 1 is 1.16 bits per heavy atom. The Balaban J connectivity index is 1.64. The molecular formula is C23H24BrNO5S. The Kier molecular flexibility index (Phi) is 6.48. The summed E-state index contributed by atoms with van der Waals surface area (Å²) in [6, 6.07) is 7.56. The maximum Gasteiger partial charge on any atom is 0.341 e. The number of nitrogens with one attached hydrogen (secondary N) is 1. The van der Waals surface area contributed by atoms with E-state index in [0.717, 1.165) is 29.3 Å². The summed E-state index contributed by atoms with van der Waals surface area (Å²) in [5.41, 5.74) is 1.85. The van der Waals surface area contributed by atoms with Crippen LogP contribution in [-0.4, -0.2) is 29.6 Å². The molecule has 164 valence electrons.